The van der Waals surface area contributed by atoms with Crippen molar-refractivity contribution in [3.8, 4) is 5.92 Å². The molecule has 0 aliphatic heterocycles. The Hall–Kier alpha value is 0.690. The number of aliphatic hydroxyl groups is 1. The van der Waals surface area contributed by atoms with Gasteiger partial charge in [0.1, 0.15) is 0 Å². The maximum atomic E-state index is 8.83. The Morgan fingerprint density at radius 2 is 1.07 bits per heavy atom. The van der Waals surface area contributed by atoms with Gasteiger partial charge in [-0.05, 0) is 68.8 Å². The second-order valence-corrected chi connectivity index (χ2v) is 12.2. The van der Waals surface area contributed by atoms with Crippen molar-refractivity contribution in [2.45, 2.75) is 139 Å². The third-order valence-electron chi connectivity index (χ3n) is 6.95. The molecule has 0 aromatic heterocycles. The van der Waals surface area contributed by atoms with Crippen molar-refractivity contribution in [2.75, 3.05) is 0 Å². The largest absolute Gasteiger partial charge is 1.00 e. The van der Waals surface area contributed by atoms with Crippen LogP contribution in [0.4, 0.5) is 0 Å². The number of rotatable bonds is 4. The minimum absolute atomic E-state index is 0. The molecule has 3 aliphatic rings. The van der Waals surface area contributed by atoms with Crippen LogP contribution in [0.2, 0.25) is 0 Å². The van der Waals surface area contributed by atoms with Crippen molar-refractivity contribution in [2.24, 2.45) is 0 Å². The fourth-order valence-electron chi connectivity index (χ4n) is 5.12. The van der Waals surface area contributed by atoms with E-state index in [9.17, 15) is 0 Å². The molecular formula is C24H42AuOP. The van der Waals surface area contributed by atoms with Crippen LogP contribution in [0.15, 0.2) is 0 Å². The Morgan fingerprint density at radius 3 is 1.26 bits per heavy atom. The Balaban J connectivity index is 0.000000395. The monoisotopic (exact) mass is 574 g/mol. The van der Waals surface area contributed by atoms with Gasteiger partial charge in [-0.1, -0.05) is 72.6 Å². The summed E-state index contributed by atoms with van der Waals surface area (Å²) >= 11 is 0. The summed E-state index contributed by atoms with van der Waals surface area (Å²) < 4.78 is 0. The maximum absolute atomic E-state index is 8.83. The van der Waals surface area contributed by atoms with Crippen molar-refractivity contribution >= 4 is 7.92 Å². The zero-order valence-electron chi connectivity index (χ0n) is 17.7. The number of hydrogen-bond acceptors (Lipinski definition) is 1. The quantitative estimate of drug-likeness (QED) is 0.163. The summed E-state index contributed by atoms with van der Waals surface area (Å²) in [6.07, 6.45) is 30.7. The van der Waals surface area contributed by atoms with Gasteiger partial charge in [0, 0.05) is 0 Å². The molecule has 3 heteroatoms. The van der Waals surface area contributed by atoms with Crippen molar-refractivity contribution in [1.29, 1.82) is 0 Å². The molecule has 3 fully saturated rings. The van der Waals surface area contributed by atoms with Crippen LogP contribution in [0, 0.1) is 12.3 Å². The van der Waals surface area contributed by atoms with Crippen LogP contribution in [0.25, 0.3) is 0 Å². The van der Waals surface area contributed by atoms with Gasteiger partial charge >= 0.3 is 22.4 Å². The van der Waals surface area contributed by atoms with Crippen molar-refractivity contribution in [3.63, 3.8) is 0 Å². The summed E-state index contributed by atoms with van der Waals surface area (Å²) in [5.41, 5.74) is 2.57. The zero-order valence-corrected chi connectivity index (χ0v) is 20.8. The van der Waals surface area contributed by atoms with Gasteiger partial charge < -0.3 is 17.5 Å². The SMILES string of the molecule is C1CCC(P(C2CCCCC2)C2CCCCC2)CC1.[Au+].[C-]#C[C@](C)(O)CC. The van der Waals surface area contributed by atoms with E-state index < -0.39 is 5.60 Å². The predicted octanol–water partition coefficient (Wildman–Crippen LogP) is 7.20. The zero-order chi connectivity index (χ0) is 18.8. The topological polar surface area (TPSA) is 20.2 Å². The molecule has 0 bridgehead atoms. The number of hydrogen-bond donors (Lipinski definition) is 1. The van der Waals surface area contributed by atoms with Gasteiger partial charge in [0.05, 0.1) is 5.60 Å². The molecule has 3 aliphatic carbocycles. The van der Waals surface area contributed by atoms with Crippen LogP contribution in [-0.2, 0) is 22.4 Å². The van der Waals surface area contributed by atoms with Gasteiger partial charge in [-0.25, -0.2) is 0 Å². The molecule has 0 saturated heterocycles. The minimum Gasteiger partial charge on any atom is -0.691 e. The Morgan fingerprint density at radius 1 is 0.778 bits per heavy atom. The van der Waals surface area contributed by atoms with Crippen molar-refractivity contribution in [1.82, 2.24) is 0 Å². The average molecular weight is 575 g/mol. The molecule has 1 atom stereocenters. The third-order valence-corrected chi connectivity index (χ3v) is 11.0. The van der Waals surface area contributed by atoms with Crippen molar-refractivity contribution in [3.05, 3.63) is 6.42 Å². The van der Waals surface area contributed by atoms with Crippen LogP contribution in [0.5, 0.6) is 0 Å². The molecule has 0 aromatic rings. The van der Waals surface area contributed by atoms with Crippen LogP contribution in [0.3, 0.4) is 0 Å². The van der Waals surface area contributed by atoms with Gasteiger partial charge in [-0.3, -0.25) is 0 Å². The first-order chi connectivity index (χ1) is 12.6. The second-order valence-electron chi connectivity index (χ2n) is 9.08. The molecule has 0 heterocycles. The molecule has 0 aromatic carbocycles. The molecule has 0 unspecified atom stereocenters. The standard InChI is InChI=1S/C18H33P.C6H9O.Au/c1-4-10-16(11-5-1)19(17-12-6-2-7-13-17)18-14-8-3-9-15-18;1-4-6(3,7)5-2;/h16-18H,1-15H2;7H,4H2,1,3H3;/q;-1;+1/t;6-;/m.1./s1. The van der Waals surface area contributed by atoms with E-state index in [4.69, 9.17) is 11.5 Å². The molecule has 0 spiro atoms. The Labute approximate surface area is 186 Å². The molecule has 0 amide bonds. The van der Waals surface area contributed by atoms with E-state index in [-0.39, 0.29) is 22.4 Å². The van der Waals surface area contributed by atoms with Gasteiger partial charge in [0.2, 0.25) is 0 Å². The fourth-order valence-corrected chi connectivity index (χ4v) is 9.79. The van der Waals surface area contributed by atoms with E-state index in [2.05, 4.69) is 0 Å². The summed E-state index contributed by atoms with van der Waals surface area (Å²) in [6.45, 7) is 3.36. The van der Waals surface area contributed by atoms with Gasteiger partial charge in [-0.15, -0.1) is 0 Å². The molecule has 3 saturated carbocycles. The van der Waals surface area contributed by atoms with Crippen LogP contribution >= 0.6 is 7.92 Å². The first-order valence-corrected chi connectivity index (χ1v) is 13.1. The van der Waals surface area contributed by atoms with Gasteiger partial charge in [0.25, 0.3) is 0 Å². The fraction of sp³-hybridized carbons (Fsp3) is 0.917. The molecular weight excluding hydrogens is 532 g/mol. The van der Waals surface area contributed by atoms with Gasteiger partial charge in [-0.2, -0.15) is 0 Å². The summed E-state index contributed by atoms with van der Waals surface area (Å²) in [5, 5.41) is 8.83. The van der Waals surface area contributed by atoms with E-state index >= 15 is 0 Å². The molecule has 0 radical (unpaired) electrons. The summed E-state index contributed by atoms with van der Waals surface area (Å²) in [5.74, 6) is 2.00. The van der Waals surface area contributed by atoms with Crippen LogP contribution in [-0.4, -0.2) is 27.7 Å². The maximum Gasteiger partial charge on any atom is 1.00 e. The Bertz CT molecular complexity index is 370. The molecule has 1 nitrogen and oxygen atoms in total. The first kappa shape index (κ1) is 25.7. The smallest absolute Gasteiger partial charge is 0.691 e. The van der Waals surface area contributed by atoms with Crippen molar-refractivity contribution < 1.29 is 27.5 Å². The molecule has 3 rings (SSSR count). The predicted molar refractivity (Wildman–Crippen MR) is 116 cm³/mol. The van der Waals surface area contributed by atoms with E-state index in [0.717, 1.165) is 0 Å². The molecule has 160 valence electrons. The minimum atomic E-state index is -1.00. The summed E-state index contributed by atoms with van der Waals surface area (Å²) in [4.78, 5) is 0. The summed E-state index contributed by atoms with van der Waals surface area (Å²) in [7, 11) is 0.385. The average Bonchev–Trinajstić information content (AvgIpc) is 2.71. The first-order valence-electron chi connectivity index (χ1n) is 11.5. The normalized spacial score (nSPS) is 24.9. The van der Waals surface area contributed by atoms with E-state index in [1.165, 1.54) is 36.2 Å². The Kier molecular flexibility index (Phi) is 13.2. The van der Waals surface area contributed by atoms with E-state index in [1.807, 2.05) is 12.8 Å². The van der Waals surface area contributed by atoms with Crippen LogP contribution in [0.1, 0.15) is 117 Å². The van der Waals surface area contributed by atoms with Crippen LogP contribution < -0.4 is 0 Å². The molecule has 1 N–H and O–H groups in total. The van der Waals surface area contributed by atoms with Gasteiger partial charge in [0.15, 0.2) is 0 Å². The molecule has 27 heavy (non-hydrogen) atoms. The summed E-state index contributed by atoms with van der Waals surface area (Å²) in [6, 6.07) is 0. The van der Waals surface area contributed by atoms with E-state index in [1.54, 1.807) is 84.0 Å². The third kappa shape index (κ3) is 8.93. The second kappa shape index (κ2) is 13.8. The van der Waals surface area contributed by atoms with E-state index in [0.29, 0.717) is 14.3 Å².